The summed E-state index contributed by atoms with van der Waals surface area (Å²) in [5, 5.41) is 56.7. The van der Waals surface area contributed by atoms with Crippen LogP contribution in [0.25, 0.3) is 22.1 Å². The van der Waals surface area contributed by atoms with Gasteiger partial charge in [-0.1, -0.05) is 111 Å². The summed E-state index contributed by atoms with van der Waals surface area (Å²) in [7, 11) is 3.96. The van der Waals surface area contributed by atoms with Crippen molar-refractivity contribution in [3.05, 3.63) is 52.9 Å². The molecule has 94 heavy (non-hydrogen) atoms. The summed E-state index contributed by atoms with van der Waals surface area (Å²) in [6, 6.07) is 9.73. The lowest BCUT2D eigenvalue weighted by molar-refractivity contribution is -0.319. The number of rotatable bonds is 24. The number of phenolic OH excluding ortho intramolecular Hbond substituents is 1. The minimum absolute atomic E-state index is 0.0738. The molecule has 3 aliphatic heterocycles. The molecule has 3 saturated heterocycles. The van der Waals surface area contributed by atoms with Crippen LogP contribution >= 0.6 is 0 Å². The van der Waals surface area contributed by atoms with Gasteiger partial charge in [-0.25, -0.2) is 4.18 Å². The molecule has 0 aliphatic carbocycles. The van der Waals surface area contributed by atoms with Crippen molar-refractivity contribution in [2.24, 2.45) is 23.7 Å². The van der Waals surface area contributed by atoms with Crippen molar-refractivity contribution in [1.29, 1.82) is 0 Å². The Morgan fingerprint density at radius 3 is 1.90 bits per heavy atom. The van der Waals surface area contributed by atoms with Crippen molar-refractivity contribution in [3.63, 3.8) is 0 Å². The predicted octanol–water partition coefficient (Wildman–Crippen LogP) is 9.66. The summed E-state index contributed by atoms with van der Waals surface area (Å²) in [4.78, 5) is 55.5. The van der Waals surface area contributed by atoms with Crippen LogP contribution in [-0.4, -0.2) is 187 Å². The van der Waals surface area contributed by atoms with E-state index in [0.717, 1.165) is 18.4 Å². The van der Waals surface area contributed by atoms with Crippen molar-refractivity contribution in [2.75, 3.05) is 42.0 Å². The van der Waals surface area contributed by atoms with Crippen LogP contribution in [0.1, 0.15) is 179 Å². The first-order chi connectivity index (χ1) is 44.1. The summed E-state index contributed by atoms with van der Waals surface area (Å²) in [5.41, 5.74) is -3.73. The SMILES string of the molecule is CCC(=O)OC1C(OC2C(C)C(OC3CC(C)(OC)C(O)C(C)O3)C(C)C(=O)OC(CC)C(C)(O)C(O)C(C)C(=O)C(C)CC2(C)O)OC(C)CC1N(C)C.CCCCCCCCCCCCOS(=O)(=O)O.COc1ccc(-c2coc3c(OC)c(O)ccc3c2=O)cc1. The molecule has 0 bridgehead atoms. The van der Waals surface area contributed by atoms with E-state index < -0.39 is 124 Å². The number of aliphatic hydroxyl groups excluding tert-OH is 2. The first-order valence-electron chi connectivity index (χ1n) is 33.2. The third-order valence-electron chi connectivity index (χ3n) is 18.6. The van der Waals surface area contributed by atoms with E-state index in [1.165, 1.54) is 98.3 Å². The number of aliphatic hydroxyl groups is 4. The van der Waals surface area contributed by atoms with Crippen molar-refractivity contribution in [2.45, 2.75) is 264 Å². The van der Waals surface area contributed by atoms with E-state index >= 15 is 0 Å². The molecule has 18 atom stereocenters. The number of ketones is 1. The first-order valence-corrected chi connectivity index (χ1v) is 34.6. The van der Waals surface area contributed by atoms with Gasteiger partial charge in [-0.05, 0) is 111 Å². The van der Waals surface area contributed by atoms with E-state index in [1.54, 1.807) is 79.8 Å². The van der Waals surface area contributed by atoms with Crippen molar-refractivity contribution in [3.8, 4) is 28.4 Å². The van der Waals surface area contributed by atoms with Crippen LogP contribution < -0.4 is 14.9 Å². The number of hydrogen-bond donors (Lipinski definition) is 6. The summed E-state index contributed by atoms with van der Waals surface area (Å²) < 4.78 is 92.3. The Labute approximate surface area is 556 Å². The zero-order valence-corrected chi connectivity index (χ0v) is 59.3. The zero-order valence-electron chi connectivity index (χ0n) is 58.5. The summed E-state index contributed by atoms with van der Waals surface area (Å²) in [5.74, 6) is -4.80. The van der Waals surface area contributed by atoms with Crippen molar-refractivity contribution >= 4 is 39.1 Å². The molecule has 536 valence electrons. The van der Waals surface area contributed by atoms with Crippen molar-refractivity contribution < 1.29 is 104 Å². The van der Waals surface area contributed by atoms with Gasteiger partial charge >= 0.3 is 22.3 Å². The molecule has 1 aromatic heterocycles. The Hall–Kier alpha value is -4.87. The Kier molecular flexibility index (Phi) is 32.3. The molecule has 6 rings (SSSR count). The third kappa shape index (κ3) is 22.3. The number of likely N-dealkylation sites (N-methyl/N-ethyl adjacent to an activating group) is 1. The van der Waals surface area contributed by atoms with Crippen LogP contribution in [0.15, 0.2) is 51.9 Å². The van der Waals surface area contributed by atoms with Crippen LogP contribution in [0.4, 0.5) is 0 Å². The highest BCUT2D eigenvalue weighted by molar-refractivity contribution is 7.80. The summed E-state index contributed by atoms with van der Waals surface area (Å²) in [6.45, 7) is 20.3. The van der Waals surface area contributed by atoms with Gasteiger partial charge in [-0.3, -0.25) is 23.7 Å². The fraction of sp³-hybridized carbons (Fsp3) is 0.739. The molecule has 0 spiro atoms. The highest BCUT2D eigenvalue weighted by atomic mass is 32.3. The largest absolute Gasteiger partial charge is 0.504 e. The lowest BCUT2D eigenvalue weighted by Gasteiger charge is -2.49. The number of hydrogen-bond acceptors (Lipinski definition) is 23. The van der Waals surface area contributed by atoms with Crippen LogP contribution in [0, 0.1) is 23.7 Å². The molecule has 6 N–H and O–H groups in total. The van der Waals surface area contributed by atoms with Gasteiger partial charge in [0.2, 0.25) is 11.2 Å². The average Bonchev–Trinajstić information content (AvgIpc) is 0.929. The molecule has 3 aliphatic rings. The average molecular weight is 1350 g/mol. The smallest absolute Gasteiger partial charge is 0.397 e. The molecule has 24 nitrogen and oxygen atoms in total. The van der Waals surface area contributed by atoms with E-state index in [9.17, 15) is 53.1 Å². The molecule has 4 heterocycles. The number of fused-ring (bicyclic) bond motifs is 1. The lowest BCUT2D eigenvalue weighted by atomic mass is 9.74. The Morgan fingerprint density at radius 2 is 1.36 bits per heavy atom. The second kappa shape index (κ2) is 37.2. The summed E-state index contributed by atoms with van der Waals surface area (Å²) >= 11 is 0. The molecule has 25 heteroatoms. The number of methoxy groups -OCH3 is 3. The molecular formula is C69H111NO23S. The van der Waals surface area contributed by atoms with Gasteiger partial charge in [0.05, 0.1) is 85.5 Å². The molecule has 2 aromatic carbocycles. The number of unbranched alkanes of at least 4 members (excludes halogenated alkanes) is 9. The fourth-order valence-corrected chi connectivity index (χ4v) is 13.2. The number of nitrogens with zero attached hydrogens (tertiary/aromatic N) is 1. The standard InChI is InChI=1S/C40H71NO14.C17H14O5.C12H26O4S/c1-15-27-40(11,48)33(44)22(5)30(43)20(3)18-38(9,47)35(55-37-32(53-28(42)16-2)26(41(12)13)17-21(4)50-37)23(6)31(24(7)36(46)52-27)54-29-19-39(10,49-14)34(45)25(8)51-29;1-20-11-5-3-10(4-6-11)13-9-22-16-12(15(13)19)7-8-14(18)17(16)21-2;1-2-3-4-5-6-7-8-9-10-11-12-16-17(13,14)15/h20-27,29,31-35,37,44-45,47-48H,15-19H2,1-14H3;3-9,18H,1-2H3;2-12H2,1H3,(H,13,14,15). The van der Waals surface area contributed by atoms with E-state index in [0.29, 0.717) is 29.5 Å². The van der Waals surface area contributed by atoms with Gasteiger partial charge in [0.1, 0.15) is 35.6 Å². The number of carbonyl (C=O) groups is 3. The van der Waals surface area contributed by atoms with Gasteiger partial charge in [0, 0.05) is 37.7 Å². The number of cyclic esters (lactones) is 1. The highest BCUT2D eigenvalue weighted by Gasteiger charge is 2.54. The number of carbonyl (C=O) groups excluding carboxylic acids is 3. The number of Topliss-reactive ketones (excluding diaryl/α,β-unsaturated/α-hetero) is 1. The third-order valence-corrected chi connectivity index (χ3v) is 19.0. The minimum atomic E-state index is -4.23. The van der Waals surface area contributed by atoms with Crippen molar-refractivity contribution in [1.82, 2.24) is 4.90 Å². The lowest BCUT2D eigenvalue weighted by Crippen LogP contribution is -2.61. The molecule has 18 unspecified atom stereocenters. The first kappa shape index (κ1) is 81.6. The van der Waals surface area contributed by atoms with Crippen LogP contribution in [0.2, 0.25) is 0 Å². The van der Waals surface area contributed by atoms with Gasteiger partial charge in [-0.15, -0.1) is 0 Å². The van der Waals surface area contributed by atoms with Gasteiger partial charge < -0.3 is 77.5 Å². The monoisotopic (exact) mass is 1350 g/mol. The number of phenols is 1. The topological polar surface area (TPSA) is 332 Å². The summed E-state index contributed by atoms with van der Waals surface area (Å²) in [6.07, 6.45) is 3.54. The Morgan fingerprint density at radius 1 is 0.755 bits per heavy atom. The highest BCUT2D eigenvalue weighted by Crippen LogP contribution is 2.42. The second-order valence-electron chi connectivity index (χ2n) is 26.4. The van der Waals surface area contributed by atoms with Crippen LogP contribution in [-0.2, 0) is 62.1 Å². The number of benzene rings is 2. The van der Waals surface area contributed by atoms with E-state index in [2.05, 4.69) is 11.1 Å². The zero-order chi connectivity index (χ0) is 70.6. The maximum Gasteiger partial charge on any atom is 0.397 e. The Balaban J connectivity index is 0.000000389. The molecule has 3 aromatic rings. The Bertz CT molecular complexity index is 2990. The number of aromatic hydroxyl groups is 1. The molecular weight excluding hydrogens is 1240 g/mol. The normalized spacial score (nSPS) is 32.1. The maximum absolute atomic E-state index is 14.2. The molecule has 0 amide bonds. The molecule has 0 radical (unpaired) electrons. The fourth-order valence-electron chi connectivity index (χ4n) is 12.8. The number of ether oxygens (including phenoxy) is 9. The second-order valence-corrected chi connectivity index (χ2v) is 27.5. The van der Waals surface area contributed by atoms with Crippen LogP contribution in [0.3, 0.4) is 0 Å². The van der Waals surface area contributed by atoms with Gasteiger partial charge in [0.25, 0.3) is 0 Å². The maximum atomic E-state index is 14.2. The van der Waals surface area contributed by atoms with E-state index in [4.69, 9.17) is 51.6 Å². The van der Waals surface area contributed by atoms with Gasteiger partial charge in [0.15, 0.2) is 30.0 Å². The molecule has 3 fully saturated rings. The van der Waals surface area contributed by atoms with Crippen LogP contribution in [0.5, 0.6) is 17.2 Å². The molecule has 0 saturated carbocycles. The minimum Gasteiger partial charge on any atom is -0.504 e. The van der Waals surface area contributed by atoms with Gasteiger partial charge in [-0.2, -0.15) is 8.42 Å². The van der Waals surface area contributed by atoms with E-state index in [1.807, 2.05) is 25.9 Å². The quantitative estimate of drug-likeness (QED) is 0.0276. The number of esters is 2. The predicted molar refractivity (Wildman–Crippen MR) is 352 cm³/mol. The van der Waals surface area contributed by atoms with E-state index in [-0.39, 0.29) is 66.9 Å².